The van der Waals surface area contributed by atoms with Crippen LogP contribution in [0.25, 0.3) is 0 Å². The molecule has 0 radical (unpaired) electrons. The standard InChI is InChI=1S/C9H15F3O4/c1-8(15-3,16-4)5-6(7(13)14-2)9(10,11)12/h6H,5H2,1-4H3. The molecule has 0 aliphatic carbocycles. The molecule has 0 amide bonds. The van der Waals surface area contributed by atoms with Gasteiger partial charge in [0, 0.05) is 20.6 Å². The normalized spacial score (nSPS) is 14.7. The Labute approximate surface area is 91.7 Å². The van der Waals surface area contributed by atoms with Gasteiger partial charge in [0.2, 0.25) is 0 Å². The maximum atomic E-state index is 12.5. The lowest BCUT2D eigenvalue weighted by atomic mass is 9.99. The average Bonchev–Trinajstić information content (AvgIpc) is 2.23. The zero-order chi connectivity index (χ0) is 13.0. The lowest BCUT2D eigenvalue weighted by molar-refractivity contribution is -0.244. The Balaban J connectivity index is 4.88. The van der Waals surface area contributed by atoms with Crippen molar-refractivity contribution in [2.75, 3.05) is 21.3 Å². The van der Waals surface area contributed by atoms with E-state index in [1.165, 1.54) is 21.1 Å². The van der Waals surface area contributed by atoms with E-state index in [-0.39, 0.29) is 0 Å². The molecule has 0 saturated heterocycles. The fraction of sp³-hybridized carbons (Fsp3) is 0.889. The van der Waals surface area contributed by atoms with Crippen molar-refractivity contribution >= 4 is 5.97 Å². The van der Waals surface area contributed by atoms with E-state index in [4.69, 9.17) is 9.47 Å². The zero-order valence-electron chi connectivity index (χ0n) is 9.55. The van der Waals surface area contributed by atoms with Gasteiger partial charge >= 0.3 is 12.1 Å². The van der Waals surface area contributed by atoms with Crippen molar-refractivity contribution in [3.8, 4) is 0 Å². The lowest BCUT2D eigenvalue weighted by Gasteiger charge is -2.30. The molecule has 96 valence electrons. The molecule has 0 rings (SSSR count). The number of carbonyl (C=O) groups excluding carboxylic acids is 1. The summed E-state index contributed by atoms with van der Waals surface area (Å²) in [5.41, 5.74) is 0. The van der Waals surface area contributed by atoms with Crippen LogP contribution < -0.4 is 0 Å². The van der Waals surface area contributed by atoms with E-state index < -0.39 is 30.3 Å². The van der Waals surface area contributed by atoms with Crippen molar-refractivity contribution in [2.24, 2.45) is 5.92 Å². The molecule has 1 atom stereocenters. The van der Waals surface area contributed by atoms with Gasteiger partial charge in [0.05, 0.1) is 7.11 Å². The van der Waals surface area contributed by atoms with Crippen molar-refractivity contribution in [3.05, 3.63) is 0 Å². The Bertz CT molecular complexity index is 235. The van der Waals surface area contributed by atoms with Crippen LogP contribution in [0.2, 0.25) is 0 Å². The van der Waals surface area contributed by atoms with Crippen LogP contribution in [0.5, 0.6) is 0 Å². The summed E-state index contributed by atoms with van der Waals surface area (Å²) in [7, 11) is 3.31. The summed E-state index contributed by atoms with van der Waals surface area (Å²) in [5, 5.41) is 0. The lowest BCUT2D eigenvalue weighted by Crippen LogP contribution is -2.41. The van der Waals surface area contributed by atoms with E-state index in [1.807, 2.05) is 0 Å². The Morgan fingerprint density at radius 1 is 1.19 bits per heavy atom. The number of methoxy groups -OCH3 is 3. The number of hydrogen-bond acceptors (Lipinski definition) is 4. The molecule has 0 aliphatic heterocycles. The van der Waals surface area contributed by atoms with Crippen LogP contribution in [-0.2, 0) is 19.0 Å². The first-order valence-corrected chi connectivity index (χ1v) is 4.45. The highest BCUT2D eigenvalue weighted by molar-refractivity contribution is 5.73. The van der Waals surface area contributed by atoms with Crippen LogP contribution >= 0.6 is 0 Å². The van der Waals surface area contributed by atoms with Crippen molar-refractivity contribution in [1.29, 1.82) is 0 Å². The molecule has 0 fully saturated rings. The molecule has 0 aromatic rings. The summed E-state index contributed by atoms with van der Waals surface area (Å²) >= 11 is 0. The summed E-state index contributed by atoms with van der Waals surface area (Å²) in [6, 6.07) is 0. The second kappa shape index (κ2) is 5.49. The highest BCUT2D eigenvalue weighted by Gasteiger charge is 2.49. The van der Waals surface area contributed by atoms with E-state index in [2.05, 4.69) is 4.74 Å². The number of rotatable bonds is 5. The molecule has 0 spiro atoms. The van der Waals surface area contributed by atoms with Gasteiger partial charge in [-0.25, -0.2) is 0 Å². The van der Waals surface area contributed by atoms with Crippen LogP contribution in [-0.4, -0.2) is 39.3 Å². The molecule has 0 saturated carbocycles. The van der Waals surface area contributed by atoms with Crippen LogP contribution in [0.4, 0.5) is 13.2 Å². The van der Waals surface area contributed by atoms with Crippen LogP contribution in [0, 0.1) is 5.92 Å². The van der Waals surface area contributed by atoms with Crippen LogP contribution in [0.1, 0.15) is 13.3 Å². The van der Waals surface area contributed by atoms with Gasteiger partial charge in [0.15, 0.2) is 11.7 Å². The molecular formula is C9H15F3O4. The molecule has 0 aromatic carbocycles. The molecule has 0 aromatic heterocycles. The minimum atomic E-state index is -4.69. The molecule has 4 nitrogen and oxygen atoms in total. The summed E-state index contributed by atoms with van der Waals surface area (Å²) in [4.78, 5) is 11.0. The highest BCUT2D eigenvalue weighted by Crippen LogP contribution is 2.34. The Morgan fingerprint density at radius 3 is 1.88 bits per heavy atom. The summed E-state index contributed by atoms with van der Waals surface area (Å²) in [6.07, 6.45) is -5.35. The van der Waals surface area contributed by atoms with Crippen molar-refractivity contribution in [1.82, 2.24) is 0 Å². The van der Waals surface area contributed by atoms with Gasteiger partial charge in [-0.1, -0.05) is 0 Å². The largest absolute Gasteiger partial charge is 0.469 e. The second-order valence-corrected chi connectivity index (χ2v) is 3.36. The molecule has 0 heterocycles. The first kappa shape index (κ1) is 15.2. The van der Waals surface area contributed by atoms with Crippen LogP contribution in [0.15, 0.2) is 0 Å². The van der Waals surface area contributed by atoms with Gasteiger partial charge in [-0.05, 0) is 6.92 Å². The van der Waals surface area contributed by atoms with Gasteiger partial charge in [-0.15, -0.1) is 0 Å². The summed E-state index contributed by atoms with van der Waals surface area (Å²) in [6.45, 7) is 1.31. The first-order chi connectivity index (χ1) is 7.20. The van der Waals surface area contributed by atoms with Crippen LogP contribution in [0.3, 0.4) is 0 Å². The van der Waals surface area contributed by atoms with Gasteiger partial charge in [-0.2, -0.15) is 13.2 Å². The van der Waals surface area contributed by atoms with Gasteiger partial charge in [-0.3, -0.25) is 4.79 Å². The predicted octanol–water partition coefficient (Wildman–Crippen LogP) is 1.74. The third-order valence-electron chi connectivity index (χ3n) is 2.32. The number of ether oxygens (including phenoxy) is 3. The van der Waals surface area contributed by atoms with Crippen molar-refractivity contribution in [3.63, 3.8) is 0 Å². The number of esters is 1. The first-order valence-electron chi connectivity index (χ1n) is 4.45. The van der Waals surface area contributed by atoms with E-state index in [9.17, 15) is 18.0 Å². The van der Waals surface area contributed by atoms with Gasteiger partial charge in [0.25, 0.3) is 0 Å². The van der Waals surface area contributed by atoms with Crippen molar-refractivity contribution < 1.29 is 32.2 Å². The van der Waals surface area contributed by atoms with E-state index >= 15 is 0 Å². The summed E-state index contributed by atoms with van der Waals surface area (Å²) < 4.78 is 51.3. The predicted molar refractivity (Wildman–Crippen MR) is 48.6 cm³/mol. The average molecular weight is 244 g/mol. The smallest absolute Gasteiger partial charge is 0.402 e. The fourth-order valence-electron chi connectivity index (χ4n) is 1.10. The minimum absolute atomic E-state index is 0.657. The van der Waals surface area contributed by atoms with E-state index in [0.29, 0.717) is 0 Å². The van der Waals surface area contributed by atoms with E-state index in [0.717, 1.165) is 7.11 Å². The van der Waals surface area contributed by atoms with E-state index in [1.54, 1.807) is 0 Å². The topological polar surface area (TPSA) is 44.8 Å². The number of alkyl halides is 3. The maximum absolute atomic E-state index is 12.5. The molecule has 0 N–H and O–H groups in total. The molecule has 1 unspecified atom stereocenters. The molecular weight excluding hydrogens is 229 g/mol. The Kier molecular flexibility index (Phi) is 5.21. The second-order valence-electron chi connectivity index (χ2n) is 3.36. The molecule has 0 bridgehead atoms. The third kappa shape index (κ3) is 3.97. The number of carbonyl (C=O) groups is 1. The quantitative estimate of drug-likeness (QED) is 0.546. The maximum Gasteiger partial charge on any atom is 0.402 e. The fourth-order valence-corrected chi connectivity index (χ4v) is 1.10. The SMILES string of the molecule is COC(=O)C(CC(C)(OC)OC)C(F)(F)F. The number of halogens is 3. The highest BCUT2D eigenvalue weighted by atomic mass is 19.4. The Morgan fingerprint density at radius 2 is 1.62 bits per heavy atom. The minimum Gasteiger partial charge on any atom is -0.469 e. The van der Waals surface area contributed by atoms with Gasteiger partial charge in [0.1, 0.15) is 0 Å². The number of hydrogen-bond donors (Lipinski definition) is 0. The van der Waals surface area contributed by atoms with Gasteiger partial charge < -0.3 is 14.2 Å². The third-order valence-corrected chi connectivity index (χ3v) is 2.32. The molecule has 0 aliphatic rings. The van der Waals surface area contributed by atoms with Crippen molar-refractivity contribution in [2.45, 2.75) is 25.3 Å². The monoisotopic (exact) mass is 244 g/mol. The zero-order valence-corrected chi connectivity index (χ0v) is 9.55. The molecule has 16 heavy (non-hydrogen) atoms. The molecule has 7 heteroatoms. The Hall–Kier alpha value is -0.820. The summed E-state index contributed by atoms with van der Waals surface area (Å²) in [5.74, 6) is -5.09.